The maximum atomic E-state index is 5.25. The van der Waals surface area contributed by atoms with Gasteiger partial charge in [0.1, 0.15) is 0 Å². The average Bonchev–Trinajstić information content (AvgIpc) is 2.58. The predicted octanol–water partition coefficient (Wildman–Crippen LogP) is 2.98. The van der Waals surface area contributed by atoms with Crippen LogP contribution in [0, 0.1) is 4.77 Å². The standard InChI is InChI=1S/C11H22N4S/c1-5-7-14(9(3)4)10-12-13-11(16)15(10)8-6-2/h9H,5-8H2,1-4H3,(H,13,16). The van der Waals surface area contributed by atoms with Gasteiger partial charge in [-0.25, -0.2) is 5.10 Å². The molecule has 0 aromatic carbocycles. The van der Waals surface area contributed by atoms with Crippen molar-refractivity contribution in [3.63, 3.8) is 0 Å². The van der Waals surface area contributed by atoms with Gasteiger partial charge in [-0.05, 0) is 38.9 Å². The van der Waals surface area contributed by atoms with Crippen LogP contribution in [0.5, 0.6) is 0 Å². The minimum Gasteiger partial charge on any atom is -0.339 e. The van der Waals surface area contributed by atoms with E-state index < -0.39 is 0 Å². The molecule has 0 saturated carbocycles. The molecule has 0 amide bonds. The Morgan fingerprint density at radius 3 is 2.56 bits per heavy atom. The first kappa shape index (κ1) is 13.2. The highest BCUT2D eigenvalue weighted by atomic mass is 32.1. The quantitative estimate of drug-likeness (QED) is 0.779. The number of aromatic nitrogens is 3. The first-order valence-electron chi connectivity index (χ1n) is 6.03. The number of nitrogens with one attached hydrogen (secondary N) is 1. The lowest BCUT2D eigenvalue weighted by Crippen LogP contribution is -2.34. The highest BCUT2D eigenvalue weighted by Crippen LogP contribution is 2.15. The van der Waals surface area contributed by atoms with Crippen LogP contribution in [0.15, 0.2) is 0 Å². The van der Waals surface area contributed by atoms with Crippen molar-refractivity contribution in [1.29, 1.82) is 0 Å². The van der Waals surface area contributed by atoms with Gasteiger partial charge in [0.05, 0.1) is 0 Å². The van der Waals surface area contributed by atoms with E-state index in [1.54, 1.807) is 0 Å². The molecule has 16 heavy (non-hydrogen) atoms. The summed E-state index contributed by atoms with van der Waals surface area (Å²) >= 11 is 5.25. The van der Waals surface area contributed by atoms with Crippen molar-refractivity contribution < 1.29 is 0 Å². The topological polar surface area (TPSA) is 36.9 Å². The highest BCUT2D eigenvalue weighted by Gasteiger charge is 2.16. The third-order valence-corrected chi connectivity index (χ3v) is 2.84. The lowest BCUT2D eigenvalue weighted by atomic mass is 10.3. The van der Waals surface area contributed by atoms with Gasteiger partial charge in [0.25, 0.3) is 0 Å². The summed E-state index contributed by atoms with van der Waals surface area (Å²) < 4.78 is 2.81. The van der Waals surface area contributed by atoms with Crippen LogP contribution in [0.3, 0.4) is 0 Å². The molecule has 0 saturated heterocycles. The van der Waals surface area contributed by atoms with Gasteiger partial charge in [-0.2, -0.15) is 0 Å². The fraction of sp³-hybridized carbons (Fsp3) is 0.818. The smallest absolute Gasteiger partial charge is 0.225 e. The van der Waals surface area contributed by atoms with Gasteiger partial charge in [0, 0.05) is 19.1 Å². The summed E-state index contributed by atoms with van der Waals surface area (Å²) in [6.45, 7) is 10.6. The van der Waals surface area contributed by atoms with E-state index in [0.717, 1.165) is 36.7 Å². The van der Waals surface area contributed by atoms with Crippen molar-refractivity contribution in [3.05, 3.63) is 4.77 Å². The van der Waals surface area contributed by atoms with Gasteiger partial charge < -0.3 is 4.90 Å². The number of aromatic amines is 1. The van der Waals surface area contributed by atoms with Crippen LogP contribution in [0.2, 0.25) is 0 Å². The molecule has 0 aliphatic carbocycles. The van der Waals surface area contributed by atoms with Crippen molar-refractivity contribution in [2.75, 3.05) is 11.4 Å². The largest absolute Gasteiger partial charge is 0.339 e. The summed E-state index contributed by atoms with van der Waals surface area (Å²) in [5.41, 5.74) is 0. The number of anilines is 1. The van der Waals surface area contributed by atoms with E-state index in [1.807, 2.05) is 0 Å². The predicted molar refractivity (Wildman–Crippen MR) is 70.5 cm³/mol. The van der Waals surface area contributed by atoms with E-state index in [1.165, 1.54) is 0 Å². The zero-order chi connectivity index (χ0) is 12.1. The van der Waals surface area contributed by atoms with Crippen LogP contribution in [0.1, 0.15) is 40.5 Å². The Labute approximate surface area is 103 Å². The van der Waals surface area contributed by atoms with E-state index in [2.05, 4.69) is 47.4 Å². The second-order valence-electron chi connectivity index (χ2n) is 4.27. The molecule has 0 atom stereocenters. The van der Waals surface area contributed by atoms with Crippen LogP contribution >= 0.6 is 12.2 Å². The molecule has 1 aromatic rings. The third-order valence-electron chi connectivity index (χ3n) is 2.53. The van der Waals surface area contributed by atoms with E-state index in [-0.39, 0.29) is 0 Å². The minimum atomic E-state index is 0.445. The van der Waals surface area contributed by atoms with E-state index in [0.29, 0.717) is 6.04 Å². The van der Waals surface area contributed by atoms with Crippen molar-refractivity contribution in [2.24, 2.45) is 0 Å². The van der Waals surface area contributed by atoms with E-state index in [4.69, 9.17) is 12.2 Å². The van der Waals surface area contributed by atoms with Crippen LogP contribution < -0.4 is 4.90 Å². The normalized spacial score (nSPS) is 11.1. The van der Waals surface area contributed by atoms with Gasteiger partial charge in [-0.15, -0.1) is 5.10 Å². The van der Waals surface area contributed by atoms with Crippen molar-refractivity contribution in [1.82, 2.24) is 14.8 Å². The Bertz CT molecular complexity index is 366. The van der Waals surface area contributed by atoms with Crippen LogP contribution in [-0.4, -0.2) is 27.4 Å². The number of hydrogen-bond acceptors (Lipinski definition) is 3. The minimum absolute atomic E-state index is 0.445. The molecule has 0 fully saturated rings. The fourth-order valence-corrected chi connectivity index (χ4v) is 2.00. The van der Waals surface area contributed by atoms with E-state index >= 15 is 0 Å². The Morgan fingerprint density at radius 2 is 2.06 bits per heavy atom. The zero-order valence-corrected chi connectivity index (χ0v) is 11.5. The molecular weight excluding hydrogens is 220 g/mol. The molecule has 4 nitrogen and oxygen atoms in total. The molecule has 1 N–H and O–H groups in total. The van der Waals surface area contributed by atoms with Gasteiger partial charge in [0.2, 0.25) is 5.95 Å². The SMILES string of the molecule is CCCN(c1n[nH]c(=S)n1CCC)C(C)C. The van der Waals surface area contributed by atoms with Crippen LogP contribution in [0.4, 0.5) is 5.95 Å². The van der Waals surface area contributed by atoms with Gasteiger partial charge in [0.15, 0.2) is 4.77 Å². The second kappa shape index (κ2) is 6.03. The van der Waals surface area contributed by atoms with Crippen LogP contribution in [0.25, 0.3) is 0 Å². The summed E-state index contributed by atoms with van der Waals surface area (Å²) in [4.78, 5) is 2.29. The summed E-state index contributed by atoms with van der Waals surface area (Å²) in [6, 6.07) is 0.445. The van der Waals surface area contributed by atoms with Gasteiger partial charge in [-0.3, -0.25) is 4.57 Å². The van der Waals surface area contributed by atoms with Crippen LogP contribution in [-0.2, 0) is 6.54 Å². The zero-order valence-electron chi connectivity index (χ0n) is 10.7. The number of nitrogens with zero attached hydrogens (tertiary/aromatic N) is 3. The van der Waals surface area contributed by atoms with Crippen molar-refractivity contribution in [2.45, 2.75) is 53.1 Å². The molecule has 0 spiro atoms. The maximum Gasteiger partial charge on any atom is 0.225 e. The van der Waals surface area contributed by atoms with Gasteiger partial charge in [-0.1, -0.05) is 13.8 Å². The van der Waals surface area contributed by atoms with Gasteiger partial charge >= 0.3 is 0 Å². The summed E-state index contributed by atoms with van der Waals surface area (Å²) in [5.74, 6) is 0.976. The fourth-order valence-electron chi connectivity index (χ4n) is 1.78. The van der Waals surface area contributed by atoms with Crippen molar-refractivity contribution in [3.8, 4) is 0 Å². The number of hydrogen-bond donors (Lipinski definition) is 1. The Kier molecular flexibility index (Phi) is 4.99. The Morgan fingerprint density at radius 1 is 1.38 bits per heavy atom. The Hall–Kier alpha value is -0.840. The summed E-state index contributed by atoms with van der Waals surface area (Å²) in [5, 5.41) is 7.24. The maximum absolute atomic E-state index is 5.25. The Balaban J connectivity index is 3.03. The van der Waals surface area contributed by atoms with E-state index in [9.17, 15) is 0 Å². The lowest BCUT2D eigenvalue weighted by molar-refractivity contribution is 0.600. The summed E-state index contributed by atoms with van der Waals surface area (Å²) in [6.07, 6.45) is 2.18. The first-order valence-corrected chi connectivity index (χ1v) is 6.44. The molecule has 1 rings (SSSR count). The first-order chi connectivity index (χ1) is 7.61. The molecule has 0 unspecified atom stereocenters. The lowest BCUT2D eigenvalue weighted by Gasteiger charge is -2.27. The molecule has 0 bridgehead atoms. The molecule has 5 heteroatoms. The molecule has 0 radical (unpaired) electrons. The highest BCUT2D eigenvalue weighted by molar-refractivity contribution is 7.71. The number of H-pyrrole nitrogens is 1. The summed E-state index contributed by atoms with van der Waals surface area (Å²) in [7, 11) is 0. The third kappa shape index (κ3) is 2.84. The average molecular weight is 242 g/mol. The molecule has 0 aliphatic rings. The molecule has 0 aliphatic heterocycles. The second-order valence-corrected chi connectivity index (χ2v) is 4.65. The number of rotatable bonds is 6. The molecular formula is C11H22N4S. The molecule has 1 aromatic heterocycles. The van der Waals surface area contributed by atoms with Crippen molar-refractivity contribution >= 4 is 18.2 Å². The molecule has 92 valence electrons. The molecule has 1 heterocycles. The monoisotopic (exact) mass is 242 g/mol.